The molecule has 14 nitrogen and oxygen atoms in total. The Labute approximate surface area is 262 Å². The van der Waals surface area contributed by atoms with Crippen molar-refractivity contribution < 1.29 is 56.5 Å². The van der Waals surface area contributed by atoms with Gasteiger partial charge in [0, 0.05) is 38.7 Å². The van der Waals surface area contributed by atoms with Gasteiger partial charge in [-0.25, -0.2) is 14.3 Å². The van der Waals surface area contributed by atoms with Crippen LogP contribution < -0.4 is 10.1 Å². The third kappa shape index (κ3) is 10.1. The number of nitrogens with zero attached hydrogens (tertiary/aromatic N) is 4. The molecule has 46 heavy (non-hydrogen) atoms. The van der Waals surface area contributed by atoms with Crippen molar-refractivity contribution in [3.05, 3.63) is 41.6 Å². The number of hydrogen-bond acceptors (Lipinski definition) is 9. The Bertz CT molecular complexity index is 1410. The first kappa shape index (κ1) is 35.6. The second kappa shape index (κ2) is 15.0. The summed E-state index contributed by atoms with van der Waals surface area (Å²) in [5, 5.41) is 15.7. The Morgan fingerprint density at radius 3 is 2.15 bits per heavy atom. The van der Waals surface area contributed by atoms with Crippen molar-refractivity contribution in [3.8, 4) is 11.6 Å². The number of amides is 3. The Morgan fingerprint density at radius 2 is 1.61 bits per heavy atom. The molecule has 1 fully saturated rings. The Morgan fingerprint density at radius 1 is 1.00 bits per heavy atom. The number of benzene rings is 1. The number of alkyl halides is 3. The molecular weight excluding hydrogens is 619 g/mol. The van der Waals surface area contributed by atoms with E-state index in [4.69, 9.17) is 19.3 Å². The summed E-state index contributed by atoms with van der Waals surface area (Å²) >= 11 is 0. The van der Waals surface area contributed by atoms with Gasteiger partial charge in [0.15, 0.2) is 12.3 Å². The van der Waals surface area contributed by atoms with Gasteiger partial charge in [0.25, 0.3) is 5.91 Å². The lowest BCUT2D eigenvalue weighted by atomic mass is 10.1. The molecule has 1 aromatic carbocycles. The van der Waals surface area contributed by atoms with Crippen LogP contribution in [-0.2, 0) is 30.0 Å². The first-order chi connectivity index (χ1) is 21.5. The van der Waals surface area contributed by atoms with Crippen LogP contribution in [-0.4, -0.2) is 106 Å². The normalized spacial score (nSPS) is 14.3. The largest absolute Gasteiger partial charge is 0.479 e. The average molecular weight is 656 g/mol. The number of carboxylic acid groups (broad SMARTS) is 1. The highest BCUT2D eigenvalue weighted by molar-refractivity contribution is 5.96. The maximum atomic E-state index is 13.6. The highest BCUT2D eigenvalue weighted by Crippen LogP contribution is 2.30. The van der Waals surface area contributed by atoms with Crippen molar-refractivity contribution in [2.24, 2.45) is 0 Å². The fraction of sp³-hybridized carbons (Fsp3) is 0.517. The summed E-state index contributed by atoms with van der Waals surface area (Å²) in [5.74, 6) is -3.67. The van der Waals surface area contributed by atoms with Gasteiger partial charge >= 0.3 is 24.2 Å². The van der Waals surface area contributed by atoms with Crippen LogP contribution in [0.4, 0.5) is 18.0 Å². The molecule has 1 atom stereocenters. The molecule has 3 amide bonds. The molecule has 17 heteroatoms. The number of aliphatic carboxylic acids is 1. The van der Waals surface area contributed by atoms with Crippen LogP contribution in [0.15, 0.2) is 30.3 Å². The van der Waals surface area contributed by atoms with E-state index >= 15 is 0 Å². The zero-order valence-electron chi connectivity index (χ0n) is 25.8. The minimum absolute atomic E-state index is 0.0319. The predicted octanol–water partition coefficient (Wildman–Crippen LogP) is 2.88. The van der Waals surface area contributed by atoms with E-state index in [9.17, 15) is 37.1 Å². The Kier molecular flexibility index (Phi) is 11.6. The SMILES string of the molecule is CCOC(=O)N1CCN(C(=O)[C@H](CCC(=O)OC(C)(C)C)NC(=O)c2cc(OCC(=O)O)n(-c3ccc(C(F)(F)F)cc3)n2)CC1. The van der Waals surface area contributed by atoms with Crippen molar-refractivity contribution in [1.82, 2.24) is 24.9 Å². The summed E-state index contributed by atoms with van der Waals surface area (Å²) < 4.78 is 55.7. The summed E-state index contributed by atoms with van der Waals surface area (Å²) in [6, 6.07) is 3.52. The van der Waals surface area contributed by atoms with Gasteiger partial charge in [-0.15, -0.1) is 0 Å². The molecule has 3 rings (SSSR count). The molecule has 0 unspecified atom stereocenters. The van der Waals surface area contributed by atoms with Crippen molar-refractivity contribution in [2.45, 2.75) is 58.4 Å². The van der Waals surface area contributed by atoms with Crippen LogP contribution in [0.2, 0.25) is 0 Å². The molecule has 0 spiro atoms. The van der Waals surface area contributed by atoms with Crippen molar-refractivity contribution in [1.29, 1.82) is 0 Å². The van der Waals surface area contributed by atoms with Gasteiger partial charge in [-0.3, -0.25) is 14.4 Å². The average Bonchev–Trinajstić information content (AvgIpc) is 3.41. The third-order valence-corrected chi connectivity index (χ3v) is 6.47. The van der Waals surface area contributed by atoms with E-state index in [-0.39, 0.29) is 62.9 Å². The van der Waals surface area contributed by atoms with Crippen LogP contribution in [0.3, 0.4) is 0 Å². The summed E-state index contributed by atoms with van der Waals surface area (Å²) in [6.45, 7) is 6.66. The molecule has 0 radical (unpaired) electrons. The zero-order chi connectivity index (χ0) is 34.2. The van der Waals surface area contributed by atoms with Crippen molar-refractivity contribution in [2.75, 3.05) is 39.4 Å². The van der Waals surface area contributed by atoms with E-state index in [0.717, 1.165) is 35.0 Å². The number of halogens is 3. The quantitative estimate of drug-likeness (QED) is 0.343. The molecule has 1 aliphatic heterocycles. The van der Waals surface area contributed by atoms with Gasteiger partial charge in [-0.2, -0.15) is 18.3 Å². The maximum absolute atomic E-state index is 13.6. The monoisotopic (exact) mass is 655 g/mol. The predicted molar refractivity (Wildman–Crippen MR) is 153 cm³/mol. The first-order valence-electron chi connectivity index (χ1n) is 14.3. The highest BCUT2D eigenvalue weighted by Gasteiger charge is 2.33. The number of esters is 1. The standard InChI is InChI=1S/C29H36F3N5O9/c1-5-44-27(43)36-14-12-35(13-15-36)26(42)20(10-11-24(40)46-28(2,3)4)33-25(41)21-16-22(45-17-23(38)39)37(34-21)19-8-6-18(7-9-19)29(30,31)32/h6-9,16,20H,5,10-15,17H2,1-4H3,(H,33,41)(H,38,39)/t20-/m0/s1. The first-order valence-corrected chi connectivity index (χ1v) is 14.3. The number of carbonyl (C=O) groups is 5. The van der Waals surface area contributed by atoms with Gasteiger partial charge in [0.1, 0.15) is 11.6 Å². The topological polar surface area (TPSA) is 170 Å². The highest BCUT2D eigenvalue weighted by atomic mass is 19.4. The number of carbonyl (C=O) groups excluding carboxylic acids is 4. The van der Waals surface area contributed by atoms with E-state index in [2.05, 4.69) is 10.4 Å². The van der Waals surface area contributed by atoms with Crippen LogP contribution >= 0.6 is 0 Å². The van der Waals surface area contributed by atoms with Crippen LogP contribution in [0.1, 0.15) is 56.6 Å². The van der Waals surface area contributed by atoms with E-state index in [1.54, 1.807) is 27.7 Å². The number of hydrogen-bond donors (Lipinski definition) is 2. The lowest BCUT2D eigenvalue weighted by molar-refractivity contribution is -0.155. The maximum Gasteiger partial charge on any atom is 0.416 e. The summed E-state index contributed by atoms with van der Waals surface area (Å²) in [4.78, 5) is 65.5. The fourth-order valence-corrected chi connectivity index (χ4v) is 4.38. The molecule has 1 aliphatic rings. The van der Waals surface area contributed by atoms with Crippen molar-refractivity contribution >= 4 is 29.8 Å². The molecule has 2 heterocycles. The molecule has 0 bridgehead atoms. The molecule has 2 N–H and O–H groups in total. The van der Waals surface area contributed by atoms with E-state index in [0.29, 0.717) is 0 Å². The van der Waals surface area contributed by atoms with Crippen LogP contribution in [0.5, 0.6) is 5.88 Å². The molecule has 2 aromatic rings. The molecule has 252 valence electrons. The zero-order valence-corrected chi connectivity index (χ0v) is 25.8. The van der Waals surface area contributed by atoms with Crippen molar-refractivity contribution in [3.63, 3.8) is 0 Å². The summed E-state index contributed by atoms with van der Waals surface area (Å²) in [7, 11) is 0. The Hall–Kier alpha value is -4.83. The molecule has 1 aromatic heterocycles. The number of rotatable bonds is 11. The molecule has 0 saturated carbocycles. The number of aromatic nitrogens is 2. The second-order valence-electron chi connectivity index (χ2n) is 11.2. The minimum Gasteiger partial charge on any atom is -0.479 e. The van der Waals surface area contributed by atoms with E-state index in [1.165, 1.54) is 9.80 Å². The smallest absolute Gasteiger partial charge is 0.416 e. The number of ether oxygens (including phenoxy) is 3. The number of carboxylic acids is 1. The minimum atomic E-state index is -4.61. The van der Waals surface area contributed by atoms with Gasteiger partial charge < -0.3 is 34.4 Å². The third-order valence-electron chi connectivity index (χ3n) is 6.47. The number of piperazine rings is 1. The fourth-order valence-electron chi connectivity index (χ4n) is 4.38. The number of nitrogens with one attached hydrogen (secondary N) is 1. The van der Waals surface area contributed by atoms with Gasteiger partial charge in [0.2, 0.25) is 11.8 Å². The van der Waals surface area contributed by atoms with E-state index in [1.807, 2.05) is 0 Å². The molecule has 1 saturated heterocycles. The molecular formula is C29H36F3N5O9. The second-order valence-corrected chi connectivity index (χ2v) is 11.2. The summed E-state index contributed by atoms with van der Waals surface area (Å²) in [5.41, 5.74) is -2.04. The van der Waals surface area contributed by atoms with Gasteiger partial charge in [0.05, 0.1) is 17.9 Å². The lowest BCUT2D eigenvalue weighted by Gasteiger charge is -2.36. The van der Waals surface area contributed by atoms with Gasteiger partial charge in [-0.05, 0) is 58.4 Å². The lowest BCUT2D eigenvalue weighted by Crippen LogP contribution is -2.56. The Balaban J connectivity index is 1.85. The van der Waals surface area contributed by atoms with E-state index < -0.39 is 59.8 Å². The summed E-state index contributed by atoms with van der Waals surface area (Å²) in [6.07, 6.45) is -5.51. The molecule has 0 aliphatic carbocycles. The van der Waals surface area contributed by atoms with Crippen LogP contribution in [0, 0.1) is 0 Å². The van der Waals surface area contributed by atoms with Crippen LogP contribution in [0.25, 0.3) is 5.69 Å². The van der Waals surface area contributed by atoms with Gasteiger partial charge in [-0.1, -0.05) is 0 Å².